The van der Waals surface area contributed by atoms with Crippen molar-refractivity contribution in [2.24, 2.45) is 0 Å². The Hall–Kier alpha value is -1.20. The molecule has 5 heteroatoms. The first-order valence-electron chi connectivity index (χ1n) is 8.93. The lowest BCUT2D eigenvalue weighted by Crippen LogP contribution is -2.26. The lowest BCUT2D eigenvalue weighted by molar-refractivity contribution is -0.120. The lowest BCUT2D eigenvalue weighted by atomic mass is 9.98. The van der Waals surface area contributed by atoms with Gasteiger partial charge in [-0.2, -0.15) is 0 Å². The third kappa shape index (κ3) is 7.58. The highest BCUT2D eigenvalue weighted by molar-refractivity contribution is 7.99. The zero-order chi connectivity index (χ0) is 17.0. The van der Waals surface area contributed by atoms with Crippen molar-refractivity contribution in [1.82, 2.24) is 5.32 Å². The van der Waals surface area contributed by atoms with E-state index in [9.17, 15) is 4.79 Å². The van der Waals surface area contributed by atoms with Crippen LogP contribution in [0.3, 0.4) is 0 Å². The maximum absolute atomic E-state index is 11.8. The molecule has 1 saturated carbocycles. The van der Waals surface area contributed by atoms with Crippen LogP contribution in [0.25, 0.3) is 0 Å². The van der Waals surface area contributed by atoms with Gasteiger partial charge in [0.1, 0.15) is 5.75 Å². The largest absolute Gasteiger partial charge is 0.497 e. The molecule has 0 spiro atoms. The highest BCUT2D eigenvalue weighted by atomic mass is 32.2. The number of carbonyl (C=O) groups is 1. The van der Waals surface area contributed by atoms with Crippen LogP contribution in [0.1, 0.15) is 44.9 Å². The first kappa shape index (κ1) is 19.1. The summed E-state index contributed by atoms with van der Waals surface area (Å²) in [5, 5.41) is 2.97. The zero-order valence-electron chi connectivity index (χ0n) is 14.6. The zero-order valence-corrected chi connectivity index (χ0v) is 15.4. The van der Waals surface area contributed by atoms with Crippen LogP contribution < -0.4 is 10.1 Å². The molecule has 0 unspecified atom stereocenters. The number of hydrogen-bond donors (Lipinski definition) is 1. The lowest BCUT2D eigenvalue weighted by Gasteiger charge is -2.21. The normalized spacial score (nSPS) is 15.2. The van der Waals surface area contributed by atoms with Gasteiger partial charge in [0.15, 0.2) is 0 Å². The minimum atomic E-state index is 0.119. The van der Waals surface area contributed by atoms with Gasteiger partial charge in [0.05, 0.1) is 13.2 Å². The number of benzene rings is 1. The number of hydrogen-bond acceptors (Lipinski definition) is 4. The average Bonchev–Trinajstić information content (AvgIpc) is 2.63. The van der Waals surface area contributed by atoms with Crippen LogP contribution in [0.2, 0.25) is 0 Å². The summed E-state index contributed by atoms with van der Waals surface area (Å²) in [6, 6.07) is 7.91. The van der Waals surface area contributed by atoms with Crippen molar-refractivity contribution in [3.8, 4) is 5.75 Å². The molecule has 2 rings (SSSR count). The molecular weight excluding hydrogens is 322 g/mol. The molecule has 0 heterocycles. The van der Waals surface area contributed by atoms with Gasteiger partial charge >= 0.3 is 0 Å². The molecule has 1 N–H and O–H groups in total. The maximum Gasteiger partial charge on any atom is 0.220 e. The van der Waals surface area contributed by atoms with Crippen LogP contribution in [0.15, 0.2) is 29.2 Å². The molecule has 1 aliphatic carbocycles. The van der Waals surface area contributed by atoms with Crippen LogP contribution in [-0.2, 0) is 9.53 Å². The molecule has 0 atom stereocenters. The summed E-state index contributed by atoms with van der Waals surface area (Å²) in [4.78, 5) is 13.0. The molecule has 1 aliphatic rings. The van der Waals surface area contributed by atoms with E-state index in [-0.39, 0.29) is 5.91 Å². The second-order valence-electron chi connectivity index (χ2n) is 6.11. The van der Waals surface area contributed by atoms with E-state index in [1.165, 1.54) is 32.1 Å². The predicted molar refractivity (Wildman–Crippen MR) is 98.8 cm³/mol. The Balaban J connectivity index is 1.47. The molecule has 0 radical (unpaired) electrons. The van der Waals surface area contributed by atoms with E-state index in [0.29, 0.717) is 19.1 Å². The second kappa shape index (κ2) is 11.4. The summed E-state index contributed by atoms with van der Waals surface area (Å²) in [5.41, 5.74) is 0. The number of methoxy groups -OCH3 is 1. The fraction of sp³-hybridized carbons (Fsp3) is 0.632. The van der Waals surface area contributed by atoms with Crippen LogP contribution in [0.5, 0.6) is 5.75 Å². The van der Waals surface area contributed by atoms with Crippen molar-refractivity contribution in [2.75, 3.05) is 26.0 Å². The van der Waals surface area contributed by atoms with Gasteiger partial charge in [-0.25, -0.2) is 0 Å². The Morgan fingerprint density at radius 1 is 1.21 bits per heavy atom. The third-order valence-electron chi connectivity index (χ3n) is 4.21. The van der Waals surface area contributed by atoms with E-state index in [0.717, 1.165) is 29.4 Å². The van der Waals surface area contributed by atoms with Crippen LogP contribution >= 0.6 is 11.8 Å². The molecule has 24 heavy (non-hydrogen) atoms. The third-order valence-corrected chi connectivity index (χ3v) is 5.22. The number of thioether (sulfide) groups is 1. The topological polar surface area (TPSA) is 47.6 Å². The molecule has 1 amide bonds. The molecule has 0 bridgehead atoms. The molecule has 1 aromatic carbocycles. The quantitative estimate of drug-likeness (QED) is 0.511. The van der Waals surface area contributed by atoms with Crippen molar-refractivity contribution in [1.29, 1.82) is 0 Å². The Morgan fingerprint density at radius 2 is 1.96 bits per heavy atom. The minimum Gasteiger partial charge on any atom is -0.497 e. The van der Waals surface area contributed by atoms with Crippen molar-refractivity contribution in [3.05, 3.63) is 24.3 Å². The van der Waals surface area contributed by atoms with E-state index in [2.05, 4.69) is 5.32 Å². The Labute approximate surface area is 149 Å². The summed E-state index contributed by atoms with van der Waals surface area (Å²) in [5.74, 6) is 1.76. The number of nitrogens with one attached hydrogen (secondary N) is 1. The van der Waals surface area contributed by atoms with Gasteiger partial charge in [-0.15, -0.1) is 11.8 Å². The summed E-state index contributed by atoms with van der Waals surface area (Å²) in [6.07, 6.45) is 8.25. The molecule has 0 aliphatic heterocycles. The average molecular weight is 352 g/mol. The second-order valence-corrected chi connectivity index (χ2v) is 7.28. The fourth-order valence-corrected chi connectivity index (χ4v) is 3.66. The van der Waals surface area contributed by atoms with Crippen LogP contribution in [0, 0.1) is 0 Å². The highest BCUT2D eigenvalue weighted by Crippen LogP contribution is 2.22. The fourth-order valence-electron chi connectivity index (χ4n) is 2.80. The minimum absolute atomic E-state index is 0.119. The number of rotatable bonds is 10. The standard InChI is InChI=1S/C19H29NO3S/c1-22-16-8-10-18(11-9-16)24-15-12-19(21)20-13-5-14-23-17-6-3-2-4-7-17/h8-11,17H,2-7,12-15H2,1H3,(H,20,21). The summed E-state index contributed by atoms with van der Waals surface area (Å²) < 4.78 is 11.0. The SMILES string of the molecule is COc1ccc(SCCC(=O)NCCCOC2CCCCC2)cc1. The molecule has 4 nitrogen and oxygen atoms in total. The summed E-state index contributed by atoms with van der Waals surface area (Å²) >= 11 is 1.69. The maximum atomic E-state index is 11.8. The van der Waals surface area contributed by atoms with E-state index in [4.69, 9.17) is 9.47 Å². The van der Waals surface area contributed by atoms with Gasteiger partial charge < -0.3 is 14.8 Å². The Kier molecular flexibility index (Phi) is 9.06. The Bertz CT molecular complexity index is 472. The predicted octanol–water partition coefficient (Wildman–Crippen LogP) is 4.03. The van der Waals surface area contributed by atoms with Gasteiger partial charge in [0, 0.05) is 30.2 Å². The first-order chi connectivity index (χ1) is 11.8. The van der Waals surface area contributed by atoms with Crippen LogP contribution in [-0.4, -0.2) is 38.0 Å². The summed E-state index contributed by atoms with van der Waals surface area (Å²) in [6.45, 7) is 1.46. The van der Waals surface area contributed by atoms with Crippen molar-refractivity contribution in [3.63, 3.8) is 0 Å². The Morgan fingerprint density at radius 3 is 2.67 bits per heavy atom. The van der Waals surface area contributed by atoms with Crippen molar-refractivity contribution >= 4 is 17.7 Å². The van der Waals surface area contributed by atoms with Gasteiger partial charge in [-0.3, -0.25) is 4.79 Å². The molecule has 1 fully saturated rings. The van der Waals surface area contributed by atoms with Gasteiger partial charge in [-0.1, -0.05) is 19.3 Å². The van der Waals surface area contributed by atoms with E-state index >= 15 is 0 Å². The van der Waals surface area contributed by atoms with Gasteiger partial charge in [-0.05, 0) is 43.5 Å². The van der Waals surface area contributed by atoms with Gasteiger partial charge in [0.2, 0.25) is 5.91 Å². The molecule has 0 aromatic heterocycles. The monoisotopic (exact) mass is 351 g/mol. The van der Waals surface area contributed by atoms with E-state index in [1.807, 2.05) is 24.3 Å². The number of ether oxygens (including phenoxy) is 2. The smallest absolute Gasteiger partial charge is 0.220 e. The van der Waals surface area contributed by atoms with Crippen molar-refractivity contribution in [2.45, 2.75) is 55.9 Å². The molecule has 1 aromatic rings. The van der Waals surface area contributed by atoms with Gasteiger partial charge in [0.25, 0.3) is 0 Å². The number of carbonyl (C=O) groups excluding carboxylic acids is 1. The molecular formula is C19H29NO3S. The molecule has 0 saturated heterocycles. The van der Waals surface area contributed by atoms with Crippen LogP contribution in [0.4, 0.5) is 0 Å². The summed E-state index contributed by atoms with van der Waals surface area (Å²) in [7, 11) is 1.66. The first-order valence-corrected chi connectivity index (χ1v) is 9.91. The highest BCUT2D eigenvalue weighted by Gasteiger charge is 2.13. The van der Waals surface area contributed by atoms with Crippen molar-refractivity contribution < 1.29 is 14.3 Å². The molecule has 134 valence electrons. The number of amides is 1. The van der Waals surface area contributed by atoms with E-state index in [1.54, 1.807) is 18.9 Å². The van der Waals surface area contributed by atoms with E-state index < -0.39 is 0 Å².